The molecular formula is C10H18N2O2. The number of ether oxygens (including phenoxy) is 1. The van der Waals surface area contributed by atoms with Gasteiger partial charge in [0.15, 0.2) is 0 Å². The van der Waals surface area contributed by atoms with E-state index in [1.54, 1.807) is 4.90 Å². The van der Waals surface area contributed by atoms with Crippen LogP contribution in [0.4, 0.5) is 0 Å². The van der Waals surface area contributed by atoms with E-state index in [-0.39, 0.29) is 11.9 Å². The van der Waals surface area contributed by atoms with Crippen LogP contribution in [-0.4, -0.2) is 44.2 Å². The summed E-state index contributed by atoms with van der Waals surface area (Å²) in [5, 5.41) is 2.94. The molecule has 1 rings (SSSR count). The van der Waals surface area contributed by atoms with Crippen LogP contribution in [0.1, 0.15) is 12.8 Å². The van der Waals surface area contributed by atoms with Crippen LogP contribution in [-0.2, 0) is 9.53 Å². The molecule has 1 saturated heterocycles. The van der Waals surface area contributed by atoms with Gasteiger partial charge in [0.25, 0.3) is 5.91 Å². The fraction of sp³-hybridized carbons (Fsp3) is 0.700. The van der Waals surface area contributed by atoms with Crippen LogP contribution in [0, 0.1) is 0 Å². The molecule has 0 radical (unpaired) electrons. The lowest BCUT2D eigenvalue weighted by Crippen LogP contribution is -2.41. The minimum Gasteiger partial charge on any atom is -0.381 e. The van der Waals surface area contributed by atoms with Crippen molar-refractivity contribution in [2.45, 2.75) is 18.9 Å². The highest BCUT2D eigenvalue weighted by Crippen LogP contribution is 2.07. The summed E-state index contributed by atoms with van der Waals surface area (Å²) in [5.41, 5.74) is 0.497. The first-order valence-corrected chi connectivity index (χ1v) is 4.86. The SMILES string of the molecule is C=C(C(=O)NC1CCOCC1)N(C)C. The van der Waals surface area contributed by atoms with E-state index < -0.39 is 0 Å². The van der Waals surface area contributed by atoms with Gasteiger partial charge in [-0.05, 0) is 12.8 Å². The number of nitrogens with zero attached hydrogens (tertiary/aromatic N) is 1. The van der Waals surface area contributed by atoms with Gasteiger partial charge in [-0.1, -0.05) is 6.58 Å². The van der Waals surface area contributed by atoms with Crippen molar-refractivity contribution in [3.8, 4) is 0 Å². The number of hydrogen-bond acceptors (Lipinski definition) is 3. The van der Waals surface area contributed by atoms with Crippen molar-refractivity contribution >= 4 is 5.91 Å². The Morgan fingerprint density at radius 3 is 2.50 bits per heavy atom. The zero-order chi connectivity index (χ0) is 10.6. The Morgan fingerprint density at radius 1 is 1.43 bits per heavy atom. The van der Waals surface area contributed by atoms with E-state index in [1.165, 1.54) is 0 Å². The quantitative estimate of drug-likeness (QED) is 0.666. The summed E-state index contributed by atoms with van der Waals surface area (Å²) in [6.07, 6.45) is 1.79. The molecule has 0 aromatic heterocycles. The predicted octanol–water partition coefficient (Wildman–Crippen LogP) is 0.357. The number of hydrogen-bond donors (Lipinski definition) is 1. The standard InChI is InChI=1S/C10H18N2O2/c1-8(12(2)3)10(13)11-9-4-6-14-7-5-9/h9H,1,4-7H2,2-3H3,(H,11,13). The maximum absolute atomic E-state index is 11.6. The first-order valence-electron chi connectivity index (χ1n) is 4.86. The lowest BCUT2D eigenvalue weighted by Gasteiger charge is -2.24. The van der Waals surface area contributed by atoms with Gasteiger partial charge in [-0.25, -0.2) is 0 Å². The Hall–Kier alpha value is -1.03. The zero-order valence-electron chi connectivity index (χ0n) is 8.88. The van der Waals surface area contributed by atoms with Crippen LogP contribution in [0.5, 0.6) is 0 Å². The number of amides is 1. The summed E-state index contributed by atoms with van der Waals surface area (Å²) < 4.78 is 5.21. The second-order valence-electron chi connectivity index (χ2n) is 3.70. The molecule has 1 aliphatic rings. The van der Waals surface area contributed by atoms with Gasteiger partial charge in [-0.2, -0.15) is 0 Å². The molecule has 4 nitrogen and oxygen atoms in total. The third kappa shape index (κ3) is 3.03. The lowest BCUT2D eigenvalue weighted by atomic mass is 10.1. The van der Waals surface area contributed by atoms with Crippen molar-refractivity contribution in [1.29, 1.82) is 0 Å². The van der Waals surface area contributed by atoms with Crippen LogP contribution in [0.15, 0.2) is 12.3 Å². The van der Waals surface area contributed by atoms with Crippen molar-refractivity contribution < 1.29 is 9.53 Å². The molecule has 0 unspecified atom stereocenters. The molecule has 0 bridgehead atoms. The highest BCUT2D eigenvalue weighted by Gasteiger charge is 2.17. The van der Waals surface area contributed by atoms with E-state index in [0.29, 0.717) is 5.70 Å². The molecule has 1 fully saturated rings. The van der Waals surface area contributed by atoms with Gasteiger partial charge in [0, 0.05) is 33.4 Å². The molecular weight excluding hydrogens is 180 g/mol. The average Bonchev–Trinajstić information content (AvgIpc) is 2.18. The third-order valence-electron chi connectivity index (χ3n) is 2.36. The molecule has 1 aliphatic heterocycles. The van der Waals surface area contributed by atoms with Gasteiger partial charge in [-0.3, -0.25) is 4.79 Å². The maximum atomic E-state index is 11.6. The van der Waals surface area contributed by atoms with Crippen LogP contribution in [0.3, 0.4) is 0 Å². The molecule has 1 heterocycles. The van der Waals surface area contributed by atoms with Crippen molar-refractivity contribution in [2.75, 3.05) is 27.3 Å². The molecule has 0 aliphatic carbocycles. The normalized spacial score (nSPS) is 17.6. The summed E-state index contributed by atoms with van der Waals surface area (Å²) in [6, 6.07) is 0.243. The first kappa shape index (κ1) is 11.0. The summed E-state index contributed by atoms with van der Waals surface area (Å²) >= 11 is 0. The van der Waals surface area contributed by atoms with Crippen molar-refractivity contribution in [3.05, 3.63) is 12.3 Å². The topological polar surface area (TPSA) is 41.6 Å². The summed E-state index contributed by atoms with van der Waals surface area (Å²) in [7, 11) is 3.62. The predicted molar refractivity (Wildman–Crippen MR) is 54.8 cm³/mol. The molecule has 1 amide bonds. The summed E-state index contributed by atoms with van der Waals surface area (Å²) in [6.45, 7) is 5.17. The molecule has 14 heavy (non-hydrogen) atoms. The maximum Gasteiger partial charge on any atom is 0.267 e. The van der Waals surface area contributed by atoms with Gasteiger partial charge in [0.1, 0.15) is 0 Å². The van der Waals surface area contributed by atoms with Crippen LogP contribution in [0.25, 0.3) is 0 Å². The first-order chi connectivity index (χ1) is 6.61. The Kier molecular flexibility index (Phi) is 3.95. The molecule has 0 aromatic rings. The van der Waals surface area contributed by atoms with Gasteiger partial charge in [-0.15, -0.1) is 0 Å². The van der Waals surface area contributed by atoms with E-state index in [1.807, 2.05) is 14.1 Å². The Morgan fingerprint density at radius 2 is 2.00 bits per heavy atom. The number of rotatable bonds is 3. The van der Waals surface area contributed by atoms with E-state index in [0.717, 1.165) is 26.1 Å². The van der Waals surface area contributed by atoms with E-state index in [2.05, 4.69) is 11.9 Å². The molecule has 0 atom stereocenters. The molecule has 4 heteroatoms. The number of carbonyl (C=O) groups excluding carboxylic acids is 1. The lowest BCUT2D eigenvalue weighted by molar-refractivity contribution is -0.119. The van der Waals surface area contributed by atoms with Gasteiger partial charge < -0.3 is 15.0 Å². The Balaban J connectivity index is 2.35. The van der Waals surface area contributed by atoms with Crippen molar-refractivity contribution in [2.24, 2.45) is 0 Å². The fourth-order valence-electron chi connectivity index (χ4n) is 1.31. The Labute approximate surface area is 84.9 Å². The van der Waals surface area contributed by atoms with Gasteiger partial charge in [0.2, 0.25) is 0 Å². The highest BCUT2D eigenvalue weighted by molar-refractivity contribution is 5.92. The molecule has 0 spiro atoms. The zero-order valence-corrected chi connectivity index (χ0v) is 8.88. The molecule has 0 saturated carbocycles. The van der Waals surface area contributed by atoms with Crippen LogP contribution >= 0.6 is 0 Å². The molecule has 80 valence electrons. The summed E-state index contributed by atoms with van der Waals surface area (Å²) in [5.74, 6) is -0.0816. The fourth-order valence-corrected chi connectivity index (χ4v) is 1.31. The second-order valence-corrected chi connectivity index (χ2v) is 3.70. The Bertz CT molecular complexity index is 220. The van der Waals surface area contributed by atoms with E-state index in [4.69, 9.17) is 4.74 Å². The number of nitrogens with one attached hydrogen (secondary N) is 1. The van der Waals surface area contributed by atoms with Crippen molar-refractivity contribution in [3.63, 3.8) is 0 Å². The minimum atomic E-state index is -0.0816. The minimum absolute atomic E-state index is 0.0816. The van der Waals surface area contributed by atoms with Gasteiger partial charge in [0.05, 0.1) is 5.70 Å². The number of likely N-dealkylation sites (N-methyl/N-ethyl adjacent to an activating group) is 1. The van der Waals surface area contributed by atoms with Crippen LogP contribution < -0.4 is 5.32 Å². The summed E-state index contributed by atoms with van der Waals surface area (Å²) in [4.78, 5) is 13.3. The number of carbonyl (C=O) groups is 1. The third-order valence-corrected chi connectivity index (χ3v) is 2.36. The van der Waals surface area contributed by atoms with Gasteiger partial charge >= 0.3 is 0 Å². The van der Waals surface area contributed by atoms with E-state index in [9.17, 15) is 4.79 Å². The van der Waals surface area contributed by atoms with Crippen molar-refractivity contribution in [1.82, 2.24) is 10.2 Å². The highest BCUT2D eigenvalue weighted by atomic mass is 16.5. The largest absolute Gasteiger partial charge is 0.381 e. The smallest absolute Gasteiger partial charge is 0.267 e. The average molecular weight is 198 g/mol. The second kappa shape index (κ2) is 5.00. The molecule has 1 N–H and O–H groups in total. The van der Waals surface area contributed by atoms with Crippen LogP contribution in [0.2, 0.25) is 0 Å². The molecule has 0 aromatic carbocycles. The van der Waals surface area contributed by atoms with E-state index >= 15 is 0 Å². The monoisotopic (exact) mass is 198 g/mol.